The van der Waals surface area contributed by atoms with Crippen LogP contribution in [-0.2, 0) is 0 Å². The van der Waals surface area contributed by atoms with Gasteiger partial charge in [-0.05, 0) is 25.5 Å². The van der Waals surface area contributed by atoms with Crippen LogP contribution in [0.1, 0.15) is 32.1 Å². The summed E-state index contributed by atoms with van der Waals surface area (Å²) in [7, 11) is 0. The van der Waals surface area contributed by atoms with Crippen molar-refractivity contribution in [3.8, 4) is 11.3 Å². The molecule has 0 aliphatic heterocycles. The molecule has 0 saturated carbocycles. The molecule has 0 bridgehead atoms. The number of nitrogens with one attached hydrogen (secondary N) is 1. The molecule has 0 aliphatic carbocycles. The number of aliphatic hydroxyl groups is 1. The monoisotopic (exact) mass is 258 g/mol. The van der Waals surface area contributed by atoms with E-state index in [4.69, 9.17) is 0 Å². The van der Waals surface area contributed by atoms with Crippen molar-refractivity contribution in [2.75, 3.05) is 11.9 Å². The van der Waals surface area contributed by atoms with Crippen molar-refractivity contribution in [3.63, 3.8) is 0 Å². The maximum atomic E-state index is 9.43. The zero-order chi connectivity index (χ0) is 13.7. The Morgan fingerprint density at radius 2 is 2.11 bits per heavy atom. The van der Waals surface area contributed by atoms with Gasteiger partial charge in [-0.2, -0.15) is 0 Å². The van der Waals surface area contributed by atoms with Crippen molar-refractivity contribution in [1.82, 2.24) is 15.0 Å². The van der Waals surface area contributed by atoms with Crippen LogP contribution in [0.25, 0.3) is 11.3 Å². The maximum Gasteiger partial charge on any atom is 0.129 e. The Labute approximate surface area is 112 Å². The SMILES string of the molecule is CCCNc1cc(-c2ccc(C(C)O)nc2)ncn1. The van der Waals surface area contributed by atoms with Crippen LogP contribution in [0.3, 0.4) is 0 Å². The van der Waals surface area contributed by atoms with Crippen LogP contribution in [-0.4, -0.2) is 26.6 Å². The summed E-state index contributed by atoms with van der Waals surface area (Å²) in [5.41, 5.74) is 2.38. The lowest BCUT2D eigenvalue weighted by molar-refractivity contribution is 0.194. The topological polar surface area (TPSA) is 70.9 Å². The third kappa shape index (κ3) is 3.48. The molecule has 0 amide bonds. The lowest BCUT2D eigenvalue weighted by Crippen LogP contribution is -2.02. The molecule has 5 heteroatoms. The summed E-state index contributed by atoms with van der Waals surface area (Å²) in [5.74, 6) is 0.812. The van der Waals surface area contributed by atoms with Crippen LogP contribution in [0.4, 0.5) is 5.82 Å². The van der Waals surface area contributed by atoms with E-state index in [1.165, 1.54) is 6.33 Å². The Morgan fingerprint density at radius 3 is 2.74 bits per heavy atom. The van der Waals surface area contributed by atoms with Crippen LogP contribution in [0.2, 0.25) is 0 Å². The molecule has 19 heavy (non-hydrogen) atoms. The van der Waals surface area contributed by atoms with Gasteiger partial charge < -0.3 is 10.4 Å². The summed E-state index contributed by atoms with van der Waals surface area (Å²) < 4.78 is 0. The molecule has 0 aliphatic rings. The number of rotatable bonds is 5. The maximum absolute atomic E-state index is 9.43. The Kier molecular flexibility index (Phi) is 4.41. The molecule has 2 N–H and O–H groups in total. The molecule has 100 valence electrons. The van der Waals surface area contributed by atoms with Gasteiger partial charge in [-0.25, -0.2) is 9.97 Å². The molecule has 0 saturated heterocycles. The predicted octanol–water partition coefficient (Wildman–Crippen LogP) is 2.41. The van der Waals surface area contributed by atoms with Crippen molar-refractivity contribution in [2.24, 2.45) is 0 Å². The van der Waals surface area contributed by atoms with Gasteiger partial charge in [0.1, 0.15) is 12.1 Å². The first kappa shape index (κ1) is 13.4. The molecular formula is C14H18N4O. The highest BCUT2D eigenvalue weighted by Gasteiger charge is 2.05. The molecule has 0 spiro atoms. The number of aromatic nitrogens is 3. The first-order valence-corrected chi connectivity index (χ1v) is 6.41. The molecule has 1 atom stereocenters. The van der Waals surface area contributed by atoms with Gasteiger partial charge in [0.15, 0.2) is 0 Å². The summed E-state index contributed by atoms with van der Waals surface area (Å²) in [5, 5.41) is 12.7. The molecule has 0 radical (unpaired) electrons. The number of aliphatic hydroxyl groups excluding tert-OH is 1. The lowest BCUT2D eigenvalue weighted by Gasteiger charge is -2.07. The molecule has 2 aromatic rings. The largest absolute Gasteiger partial charge is 0.387 e. The zero-order valence-electron chi connectivity index (χ0n) is 11.2. The van der Waals surface area contributed by atoms with Crippen LogP contribution >= 0.6 is 0 Å². The van der Waals surface area contributed by atoms with Gasteiger partial charge in [-0.1, -0.05) is 6.92 Å². The van der Waals surface area contributed by atoms with Crippen LogP contribution < -0.4 is 5.32 Å². The normalized spacial score (nSPS) is 12.2. The smallest absolute Gasteiger partial charge is 0.129 e. The van der Waals surface area contributed by atoms with E-state index >= 15 is 0 Å². The summed E-state index contributed by atoms with van der Waals surface area (Å²) in [4.78, 5) is 12.6. The Bertz CT molecular complexity index is 525. The third-order valence-electron chi connectivity index (χ3n) is 2.73. The van der Waals surface area contributed by atoms with E-state index in [-0.39, 0.29) is 0 Å². The first-order chi connectivity index (χ1) is 9.20. The molecule has 0 aromatic carbocycles. The molecule has 2 aromatic heterocycles. The molecule has 2 rings (SSSR count). The first-order valence-electron chi connectivity index (χ1n) is 6.41. The van der Waals surface area contributed by atoms with E-state index in [1.807, 2.05) is 12.1 Å². The minimum atomic E-state index is -0.554. The van der Waals surface area contributed by atoms with Gasteiger partial charge in [0.05, 0.1) is 17.5 Å². The average molecular weight is 258 g/mol. The van der Waals surface area contributed by atoms with E-state index in [9.17, 15) is 5.11 Å². The molecule has 1 unspecified atom stereocenters. The second-order valence-corrected chi connectivity index (χ2v) is 4.36. The molecule has 5 nitrogen and oxygen atoms in total. The van der Waals surface area contributed by atoms with Crippen molar-refractivity contribution in [2.45, 2.75) is 26.4 Å². The van der Waals surface area contributed by atoms with Gasteiger partial charge in [0.25, 0.3) is 0 Å². The fourth-order valence-electron chi connectivity index (χ4n) is 1.67. The predicted molar refractivity (Wildman–Crippen MR) is 74.7 cm³/mol. The van der Waals surface area contributed by atoms with Gasteiger partial charge in [-0.15, -0.1) is 0 Å². The van der Waals surface area contributed by atoms with Crippen molar-refractivity contribution >= 4 is 5.82 Å². The summed E-state index contributed by atoms with van der Waals surface area (Å²) in [6.45, 7) is 4.68. The van der Waals surface area contributed by atoms with E-state index < -0.39 is 6.10 Å². The van der Waals surface area contributed by atoms with E-state index in [2.05, 4.69) is 27.2 Å². The molecular weight excluding hydrogens is 240 g/mol. The number of anilines is 1. The lowest BCUT2D eigenvalue weighted by atomic mass is 10.1. The highest BCUT2D eigenvalue weighted by Crippen LogP contribution is 2.19. The number of hydrogen-bond acceptors (Lipinski definition) is 5. The Hall–Kier alpha value is -2.01. The van der Waals surface area contributed by atoms with E-state index in [0.29, 0.717) is 5.69 Å². The summed E-state index contributed by atoms with van der Waals surface area (Å²) >= 11 is 0. The number of nitrogens with zero attached hydrogens (tertiary/aromatic N) is 3. The fraction of sp³-hybridized carbons (Fsp3) is 0.357. The van der Waals surface area contributed by atoms with Gasteiger partial charge in [-0.3, -0.25) is 4.98 Å². The van der Waals surface area contributed by atoms with E-state index in [1.54, 1.807) is 19.2 Å². The number of hydrogen-bond donors (Lipinski definition) is 2. The highest BCUT2D eigenvalue weighted by molar-refractivity contribution is 5.61. The second-order valence-electron chi connectivity index (χ2n) is 4.36. The molecule has 2 heterocycles. The summed E-state index contributed by atoms with van der Waals surface area (Å²) in [6, 6.07) is 5.61. The zero-order valence-corrected chi connectivity index (χ0v) is 11.2. The third-order valence-corrected chi connectivity index (χ3v) is 2.73. The summed E-state index contributed by atoms with van der Waals surface area (Å²) in [6.07, 6.45) is 3.75. The van der Waals surface area contributed by atoms with Gasteiger partial charge in [0, 0.05) is 24.4 Å². The average Bonchev–Trinajstić information content (AvgIpc) is 2.45. The quantitative estimate of drug-likeness (QED) is 0.861. The Morgan fingerprint density at radius 1 is 1.26 bits per heavy atom. The van der Waals surface area contributed by atoms with E-state index in [0.717, 1.165) is 30.0 Å². The fourth-order valence-corrected chi connectivity index (χ4v) is 1.67. The number of pyridine rings is 1. The van der Waals surface area contributed by atoms with Gasteiger partial charge >= 0.3 is 0 Å². The van der Waals surface area contributed by atoms with Crippen molar-refractivity contribution < 1.29 is 5.11 Å². The highest BCUT2D eigenvalue weighted by atomic mass is 16.3. The Balaban J connectivity index is 2.21. The van der Waals surface area contributed by atoms with Gasteiger partial charge in [0.2, 0.25) is 0 Å². The standard InChI is InChI=1S/C14H18N4O/c1-3-6-15-14-7-13(17-9-18-14)11-4-5-12(10(2)19)16-8-11/h4-5,7-10,19H,3,6H2,1-2H3,(H,15,17,18). The minimum Gasteiger partial charge on any atom is -0.387 e. The van der Waals surface area contributed by atoms with Crippen molar-refractivity contribution in [1.29, 1.82) is 0 Å². The van der Waals surface area contributed by atoms with Crippen molar-refractivity contribution in [3.05, 3.63) is 36.4 Å². The molecule has 0 fully saturated rings. The van der Waals surface area contributed by atoms with Crippen LogP contribution in [0, 0.1) is 0 Å². The second kappa shape index (κ2) is 6.24. The van der Waals surface area contributed by atoms with Crippen LogP contribution in [0.15, 0.2) is 30.7 Å². The minimum absolute atomic E-state index is 0.554. The van der Waals surface area contributed by atoms with Crippen LogP contribution in [0.5, 0.6) is 0 Å².